The van der Waals surface area contributed by atoms with Gasteiger partial charge in [0.05, 0.1) is 6.61 Å². The monoisotopic (exact) mass is 185 g/mol. The zero-order valence-electron chi connectivity index (χ0n) is 8.34. The third kappa shape index (κ3) is 3.87. The lowest BCUT2D eigenvalue weighted by atomic mass is 9.92. The van der Waals surface area contributed by atoms with Gasteiger partial charge in [-0.05, 0) is 32.9 Å². The van der Waals surface area contributed by atoms with E-state index in [9.17, 15) is 4.79 Å². The fourth-order valence-corrected chi connectivity index (χ4v) is 1.67. The van der Waals surface area contributed by atoms with E-state index < -0.39 is 0 Å². The largest absolute Gasteiger partial charge is 0.381 e. The SMILES string of the molecule is CCOCCC(=O)C1CCNCC1. The van der Waals surface area contributed by atoms with Gasteiger partial charge in [-0.15, -0.1) is 0 Å². The van der Waals surface area contributed by atoms with Gasteiger partial charge in [0.2, 0.25) is 0 Å². The summed E-state index contributed by atoms with van der Waals surface area (Å²) < 4.78 is 5.16. The average molecular weight is 185 g/mol. The van der Waals surface area contributed by atoms with Crippen LogP contribution in [-0.2, 0) is 9.53 Å². The second kappa shape index (κ2) is 6.11. The standard InChI is InChI=1S/C10H19NO2/c1-2-13-8-5-10(12)9-3-6-11-7-4-9/h9,11H,2-8H2,1H3. The van der Waals surface area contributed by atoms with Crippen molar-refractivity contribution in [3.63, 3.8) is 0 Å². The maximum Gasteiger partial charge on any atom is 0.138 e. The van der Waals surface area contributed by atoms with Crippen LogP contribution in [0.2, 0.25) is 0 Å². The van der Waals surface area contributed by atoms with Crippen LogP contribution in [0.3, 0.4) is 0 Å². The van der Waals surface area contributed by atoms with Crippen LogP contribution in [0.15, 0.2) is 0 Å². The Bertz CT molecular complexity index is 153. The van der Waals surface area contributed by atoms with E-state index in [0.29, 0.717) is 31.3 Å². The van der Waals surface area contributed by atoms with Crippen molar-refractivity contribution in [2.75, 3.05) is 26.3 Å². The number of piperidine rings is 1. The third-order valence-corrected chi connectivity index (χ3v) is 2.49. The first-order valence-corrected chi connectivity index (χ1v) is 5.15. The van der Waals surface area contributed by atoms with Gasteiger partial charge in [-0.1, -0.05) is 0 Å². The topological polar surface area (TPSA) is 38.3 Å². The second-order valence-corrected chi connectivity index (χ2v) is 3.44. The van der Waals surface area contributed by atoms with Crippen molar-refractivity contribution < 1.29 is 9.53 Å². The van der Waals surface area contributed by atoms with Crippen LogP contribution in [0.25, 0.3) is 0 Å². The maximum absolute atomic E-state index is 11.6. The molecule has 3 nitrogen and oxygen atoms in total. The Hall–Kier alpha value is -0.410. The summed E-state index contributed by atoms with van der Waals surface area (Å²) >= 11 is 0. The van der Waals surface area contributed by atoms with Crippen molar-refractivity contribution in [1.82, 2.24) is 5.32 Å². The Morgan fingerprint density at radius 2 is 2.15 bits per heavy atom. The Balaban J connectivity index is 2.13. The zero-order valence-corrected chi connectivity index (χ0v) is 8.34. The number of hydrogen-bond acceptors (Lipinski definition) is 3. The average Bonchev–Trinajstić information content (AvgIpc) is 2.19. The zero-order chi connectivity index (χ0) is 9.52. The number of carbonyl (C=O) groups is 1. The summed E-state index contributed by atoms with van der Waals surface area (Å²) in [5, 5.41) is 3.25. The molecule has 0 unspecified atom stereocenters. The van der Waals surface area contributed by atoms with Crippen molar-refractivity contribution in [3.05, 3.63) is 0 Å². The molecule has 0 aliphatic carbocycles. The molecule has 0 amide bonds. The lowest BCUT2D eigenvalue weighted by Gasteiger charge is -2.21. The molecule has 1 saturated heterocycles. The molecule has 0 saturated carbocycles. The van der Waals surface area contributed by atoms with E-state index in [0.717, 1.165) is 25.9 Å². The third-order valence-electron chi connectivity index (χ3n) is 2.49. The number of Topliss-reactive ketones (excluding diaryl/α,β-unsaturated/α-hetero) is 1. The number of ether oxygens (including phenoxy) is 1. The summed E-state index contributed by atoms with van der Waals surface area (Å²) in [6.07, 6.45) is 2.61. The van der Waals surface area contributed by atoms with Crippen LogP contribution in [-0.4, -0.2) is 32.1 Å². The predicted octanol–water partition coefficient (Wildman–Crippen LogP) is 0.982. The number of rotatable bonds is 5. The van der Waals surface area contributed by atoms with Crippen LogP contribution >= 0.6 is 0 Å². The Labute approximate surface area is 79.8 Å². The van der Waals surface area contributed by atoms with E-state index >= 15 is 0 Å². The lowest BCUT2D eigenvalue weighted by molar-refractivity contribution is -0.124. The molecular formula is C10H19NO2. The van der Waals surface area contributed by atoms with E-state index in [1.54, 1.807) is 0 Å². The minimum absolute atomic E-state index is 0.293. The van der Waals surface area contributed by atoms with E-state index in [1.165, 1.54) is 0 Å². The number of hydrogen-bond donors (Lipinski definition) is 1. The van der Waals surface area contributed by atoms with Crippen LogP contribution < -0.4 is 5.32 Å². The molecule has 0 aromatic heterocycles. The van der Waals surface area contributed by atoms with Crippen LogP contribution in [0.1, 0.15) is 26.2 Å². The lowest BCUT2D eigenvalue weighted by Crippen LogP contribution is -2.32. The number of nitrogens with one attached hydrogen (secondary N) is 1. The molecular weight excluding hydrogens is 166 g/mol. The first-order chi connectivity index (χ1) is 6.34. The number of carbonyl (C=O) groups excluding carboxylic acids is 1. The summed E-state index contributed by atoms with van der Waals surface area (Å²) in [7, 11) is 0. The highest BCUT2D eigenvalue weighted by Crippen LogP contribution is 2.14. The molecule has 1 aliphatic rings. The molecule has 1 rings (SSSR count). The molecule has 0 bridgehead atoms. The molecule has 0 radical (unpaired) electrons. The van der Waals surface area contributed by atoms with Crippen molar-refractivity contribution >= 4 is 5.78 Å². The van der Waals surface area contributed by atoms with Gasteiger partial charge in [0.1, 0.15) is 5.78 Å². The van der Waals surface area contributed by atoms with Crippen molar-refractivity contribution in [2.45, 2.75) is 26.2 Å². The van der Waals surface area contributed by atoms with Gasteiger partial charge in [0, 0.05) is 18.9 Å². The van der Waals surface area contributed by atoms with Gasteiger partial charge < -0.3 is 10.1 Å². The normalized spacial score (nSPS) is 18.8. The molecule has 76 valence electrons. The molecule has 3 heteroatoms. The smallest absolute Gasteiger partial charge is 0.138 e. The van der Waals surface area contributed by atoms with Crippen molar-refractivity contribution in [2.24, 2.45) is 5.92 Å². The summed E-state index contributed by atoms with van der Waals surface area (Å²) in [5.74, 6) is 0.677. The van der Waals surface area contributed by atoms with Crippen molar-refractivity contribution in [1.29, 1.82) is 0 Å². The van der Waals surface area contributed by atoms with Crippen LogP contribution in [0.5, 0.6) is 0 Å². The highest BCUT2D eigenvalue weighted by molar-refractivity contribution is 5.81. The van der Waals surface area contributed by atoms with Gasteiger partial charge >= 0.3 is 0 Å². The van der Waals surface area contributed by atoms with E-state index in [-0.39, 0.29) is 0 Å². The summed E-state index contributed by atoms with van der Waals surface area (Å²) in [4.78, 5) is 11.6. The molecule has 1 N–H and O–H groups in total. The molecule has 13 heavy (non-hydrogen) atoms. The first kappa shape index (κ1) is 10.7. The molecule has 1 aliphatic heterocycles. The Morgan fingerprint density at radius 1 is 1.46 bits per heavy atom. The van der Waals surface area contributed by atoms with E-state index in [2.05, 4.69) is 5.32 Å². The molecule has 1 fully saturated rings. The Kier molecular flexibility index (Phi) is 5.01. The van der Waals surface area contributed by atoms with E-state index in [4.69, 9.17) is 4.74 Å². The van der Waals surface area contributed by atoms with Gasteiger partial charge in [-0.2, -0.15) is 0 Å². The van der Waals surface area contributed by atoms with Gasteiger partial charge in [0.25, 0.3) is 0 Å². The maximum atomic E-state index is 11.6. The van der Waals surface area contributed by atoms with Crippen molar-refractivity contribution in [3.8, 4) is 0 Å². The van der Waals surface area contributed by atoms with Gasteiger partial charge in [-0.3, -0.25) is 4.79 Å². The van der Waals surface area contributed by atoms with Crippen LogP contribution in [0.4, 0.5) is 0 Å². The van der Waals surface area contributed by atoms with Gasteiger partial charge in [0.15, 0.2) is 0 Å². The molecule has 0 aromatic rings. The Morgan fingerprint density at radius 3 is 2.77 bits per heavy atom. The minimum Gasteiger partial charge on any atom is -0.381 e. The molecule has 0 atom stereocenters. The molecule has 0 aromatic carbocycles. The quantitative estimate of drug-likeness (QED) is 0.649. The highest BCUT2D eigenvalue weighted by Gasteiger charge is 2.19. The predicted molar refractivity (Wildman–Crippen MR) is 51.7 cm³/mol. The fraction of sp³-hybridized carbons (Fsp3) is 0.900. The highest BCUT2D eigenvalue weighted by atomic mass is 16.5. The molecule has 0 spiro atoms. The second-order valence-electron chi connectivity index (χ2n) is 3.44. The number of ketones is 1. The minimum atomic E-state index is 0.293. The summed E-state index contributed by atoms with van der Waals surface area (Å²) in [6.45, 7) is 5.24. The summed E-state index contributed by atoms with van der Waals surface area (Å²) in [6, 6.07) is 0. The van der Waals surface area contributed by atoms with E-state index in [1.807, 2.05) is 6.92 Å². The van der Waals surface area contributed by atoms with Gasteiger partial charge in [-0.25, -0.2) is 0 Å². The van der Waals surface area contributed by atoms with Crippen LogP contribution in [0, 0.1) is 5.92 Å². The first-order valence-electron chi connectivity index (χ1n) is 5.15. The summed E-state index contributed by atoms with van der Waals surface area (Å²) in [5.41, 5.74) is 0. The molecule has 1 heterocycles. The fourth-order valence-electron chi connectivity index (χ4n) is 1.67.